The Morgan fingerprint density at radius 2 is 2.15 bits per heavy atom. The lowest BCUT2D eigenvalue weighted by molar-refractivity contribution is 0.234. The molecule has 0 amide bonds. The van der Waals surface area contributed by atoms with Gasteiger partial charge in [0, 0.05) is 13.2 Å². The first kappa shape index (κ1) is 14.1. The van der Waals surface area contributed by atoms with Crippen molar-refractivity contribution in [2.75, 3.05) is 11.1 Å². The summed E-state index contributed by atoms with van der Waals surface area (Å²) in [5.74, 6) is 0.915. The molecule has 0 aliphatic rings. The van der Waals surface area contributed by atoms with Crippen LogP contribution in [0.25, 0.3) is 0 Å². The predicted molar refractivity (Wildman–Crippen MR) is 78.1 cm³/mol. The summed E-state index contributed by atoms with van der Waals surface area (Å²) in [7, 11) is 1.88. The Labute approximate surface area is 118 Å². The third-order valence-electron chi connectivity index (χ3n) is 2.69. The lowest BCUT2D eigenvalue weighted by atomic mass is 10.3. The minimum atomic E-state index is 0.00430. The molecule has 0 saturated carbocycles. The van der Waals surface area contributed by atoms with E-state index in [4.69, 9.17) is 10.5 Å². The van der Waals surface area contributed by atoms with E-state index in [9.17, 15) is 0 Å². The Kier molecular flexibility index (Phi) is 4.07. The second-order valence-electron chi connectivity index (χ2n) is 4.75. The van der Waals surface area contributed by atoms with Gasteiger partial charge in [-0.1, -0.05) is 6.92 Å². The van der Waals surface area contributed by atoms with Crippen LogP contribution in [0, 0.1) is 0 Å². The molecule has 0 bridgehead atoms. The number of anilines is 3. The van der Waals surface area contributed by atoms with E-state index in [0.717, 1.165) is 17.8 Å². The molecule has 0 aliphatic heterocycles. The summed E-state index contributed by atoms with van der Waals surface area (Å²) >= 11 is 0. The van der Waals surface area contributed by atoms with Crippen LogP contribution in [0.1, 0.15) is 26.5 Å². The summed E-state index contributed by atoms with van der Waals surface area (Å²) in [6, 6.07) is 0. The maximum absolute atomic E-state index is 6.04. The summed E-state index contributed by atoms with van der Waals surface area (Å²) in [5.41, 5.74) is 8.27. The standard InChI is InChI=1S/C13H20N6O/c1-5-9-10(6-19(4)18-9)17-12-11(14)13(16-7-15-12)20-8(2)3/h6-8H,5,14H2,1-4H3,(H,15,16,17). The molecule has 0 aromatic carbocycles. The van der Waals surface area contributed by atoms with Gasteiger partial charge in [0.1, 0.15) is 12.0 Å². The molecule has 0 saturated heterocycles. The van der Waals surface area contributed by atoms with Crippen LogP contribution >= 0.6 is 0 Å². The lowest BCUT2D eigenvalue weighted by Gasteiger charge is -2.13. The number of aromatic nitrogens is 4. The van der Waals surface area contributed by atoms with Crippen molar-refractivity contribution in [1.82, 2.24) is 19.7 Å². The normalized spacial score (nSPS) is 10.8. The molecule has 2 rings (SSSR count). The van der Waals surface area contributed by atoms with E-state index >= 15 is 0 Å². The molecule has 2 aromatic rings. The van der Waals surface area contributed by atoms with Crippen LogP contribution in [0.4, 0.5) is 17.2 Å². The number of ether oxygens (including phenoxy) is 1. The van der Waals surface area contributed by atoms with Gasteiger partial charge in [0.05, 0.1) is 17.5 Å². The number of aryl methyl sites for hydroxylation is 2. The molecule has 2 aromatic heterocycles. The van der Waals surface area contributed by atoms with Crippen molar-refractivity contribution in [1.29, 1.82) is 0 Å². The van der Waals surface area contributed by atoms with Gasteiger partial charge in [-0.2, -0.15) is 10.1 Å². The Morgan fingerprint density at radius 3 is 2.80 bits per heavy atom. The van der Waals surface area contributed by atoms with Crippen molar-refractivity contribution in [2.45, 2.75) is 33.3 Å². The summed E-state index contributed by atoms with van der Waals surface area (Å²) in [6.07, 6.45) is 4.15. The van der Waals surface area contributed by atoms with Crippen molar-refractivity contribution in [3.8, 4) is 5.88 Å². The van der Waals surface area contributed by atoms with Gasteiger partial charge in [0.25, 0.3) is 0 Å². The highest BCUT2D eigenvalue weighted by Crippen LogP contribution is 2.29. The predicted octanol–water partition coefficient (Wildman–Crippen LogP) is 1.89. The van der Waals surface area contributed by atoms with E-state index < -0.39 is 0 Å². The van der Waals surface area contributed by atoms with Crippen LogP contribution in [-0.4, -0.2) is 25.9 Å². The molecule has 3 N–H and O–H groups in total. The number of hydrogen-bond acceptors (Lipinski definition) is 6. The Balaban J connectivity index is 2.29. The fourth-order valence-electron chi connectivity index (χ4n) is 1.82. The molecule has 0 radical (unpaired) electrons. The molecule has 7 heteroatoms. The number of nitrogens with zero attached hydrogens (tertiary/aromatic N) is 4. The lowest BCUT2D eigenvalue weighted by Crippen LogP contribution is -2.11. The minimum absolute atomic E-state index is 0.00430. The van der Waals surface area contributed by atoms with Gasteiger partial charge >= 0.3 is 0 Å². The first-order valence-electron chi connectivity index (χ1n) is 6.58. The zero-order valence-corrected chi connectivity index (χ0v) is 12.2. The van der Waals surface area contributed by atoms with Crippen LogP contribution in [0.3, 0.4) is 0 Å². The largest absolute Gasteiger partial charge is 0.473 e. The minimum Gasteiger partial charge on any atom is -0.473 e. The maximum Gasteiger partial charge on any atom is 0.242 e. The molecular formula is C13H20N6O. The van der Waals surface area contributed by atoms with E-state index in [1.165, 1.54) is 6.33 Å². The monoisotopic (exact) mass is 276 g/mol. The first-order valence-corrected chi connectivity index (χ1v) is 6.58. The molecule has 0 aliphatic carbocycles. The maximum atomic E-state index is 6.04. The summed E-state index contributed by atoms with van der Waals surface area (Å²) < 4.78 is 7.30. The number of nitrogen functional groups attached to an aromatic ring is 1. The van der Waals surface area contributed by atoms with Gasteiger partial charge in [-0.05, 0) is 20.3 Å². The Hall–Kier alpha value is -2.31. The number of nitrogens with two attached hydrogens (primary N) is 1. The molecule has 2 heterocycles. The van der Waals surface area contributed by atoms with Gasteiger partial charge in [-0.15, -0.1) is 0 Å². The van der Waals surface area contributed by atoms with Crippen LogP contribution in [0.5, 0.6) is 5.88 Å². The first-order chi connectivity index (χ1) is 9.51. The second-order valence-corrected chi connectivity index (χ2v) is 4.75. The van der Waals surface area contributed by atoms with Gasteiger partial charge in [0.15, 0.2) is 5.82 Å². The van der Waals surface area contributed by atoms with Gasteiger partial charge in [-0.25, -0.2) is 4.98 Å². The molecule has 0 spiro atoms. The van der Waals surface area contributed by atoms with E-state index in [2.05, 4.69) is 20.4 Å². The van der Waals surface area contributed by atoms with Crippen LogP contribution in [-0.2, 0) is 13.5 Å². The van der Waals surface area contributed by atoms with Crippen molar-refractivity contribution >= 4 is 17.2 Å². The fourth-order valence-corrected chi connectivity index (χ4v) is 1.82. The number of hydrogen-bond donors (Lipinski definition) is 2. The SMILES string of the molecule is CCc1nn(C)cc1Nc1ncnc(OC(C)C)c1N. The zero-order valence-electron chi connectivity index (χ0n) is 12.2. The van der Waals surface area contributed by atoms with Crippen molar-refractivity contribution < 1.29 is 4.74 Å². The van der Waals surface area contributed by atoms with E-state index in [0.29, 0.717) is 17.4 Å². The van der Waals surface area contributed by atoms with E-state index in [1.807, 2.05) is 34.0 Å². The summed E-state index contributed by atoms with van der Waals surface area (Å²) in [5, 5.41) is 7.55. The quantitative estimate of drug-likeness (QED) is 0.866. The van der Waals surface area contributed by atoms with E-state index in [1.54, 1.807) is 4.68 Å². The average molecular weight is 276 g/mol. The molecule has 0 fully saturated rings. The topological polar surface area (TPSA) is 90.9 Å². The van der Waals surface area contributed by atoms with Crippen LogP contribution < -0.4 is 15.8 Å². The van der Waals surface area contributed by atoms with Crippen LogP contribution in [0.2, 0.25) is 0 Å². The Bertz CT molecular complexity index is 593. The number of nitrogens with one attached hydrogen (secondary N) is 1. The molecule has 7 nitrogen and oxygen atoms in total. The third-order valence-corrected chi connectivity index (χ3v) is 2.69. The summed E-state index contributed by atoms with van der Waals surface area (Å²) in [4.78, 5) is 8.21. The molecule has 0 atom stereocenters. The highest BCUT2D eigenvalue weighted by molar-refractivity contribution is 5.72. The average Bonchev–Trinajstić information content (AvgIpc) is 2.74. The van der Waals surface area contributed by atoms with E-state index in [-0.39, 0.29) is 6.10 Å². The van der Waals surface area contributed by atoms with Crippen molar-refractivity contribution in [3.05, 3.63) is 18.2 Å². The molecular weight excluding hydrogens is 256 g/mol. The van der Waals surface area contributed by atoms with Crippen molar-refractivity contribution in [3.63, 3.8) is 0 Å². The van der Waals surface area contributed by atoms with Gasteiger partial charge in [0.2, 0.25) is 5.88 Å². The fraction of sp³-hybridized carbons (Fsp3) is 0.462. The van der Waals surface area contributed by atoms with Gasteiger partial charge in [-0.3, -0.25) is 4.68 Å². The van der Waals surface area contributed by atoms with Crippen molar-refractivity contribution in [2.24, 2.45) is 7.05 Å². The zero-order chi connectivity index (χ0) is 14.7. The number of rotatable bonds is 5. The second kappa shape index (κ2) is 5.77. The third kappa shape index (κ3) is 2.98. The summed E-state index contributed by atoms with van der Waals surface area (Å²) in [6.45, 7) is 5.89. The van der Waals surface area contributed by atoms with Gasteiger partial charge < -0.3 is 15.8 Å². The highest BCUT2D eigenvalue weighted by atomic mass is 16.5. The molecule has 108 valence electrons. The Morgan fingerprint density at radius 1 is 1.40 bits per heavy atom. The van der Waals surface area contributed by atoms with Crippen LogP contribution in [0.15, 0.2) is 12.5 Å². The smallest absolute Gasteiger partial charge is 0.242 e. The molecule has 0 unspecified atom stereocenters. The molecule has 20 heavy (non-hydrogen) atoms. The highest BCUT2D eigenvalue weighted by Gasteiger charge is 2.13.